The van der Waals surface area contributed by atoms with Gasteiger partial charge in [-0.1, -0.05) is 12.1 Å². The van der Waals surface area contributed by atoms with Gasteiger partial charge in [-0.05, 0) is 76.5 Å². The Morgan fingerprint density at radius 3 is 2.28 bits per heavy atom. The average Bonchev–Trinajstić information content (AvgIpc) is 3.40. The van der Waals surface area contributed by atoms with Crippen molar-refractivity contribution < 1.29 is 4.74 Å². The summed E-state index contributed by atoms with van der Waals surface area (Å²) in [6.45, 7) is 4.11. The second-order valence-electron chi connectivity index (χ2n) is 8.23. The third-order valence-corrected chi connectivity index (χ3v) is 6.08. The fraction of sp³-hybridized carbons (Fsp3) is 0.682. The number of halogens is 1. The first-order valence-corrected chi connectivity index (χ1v) is 10.6. The molecule has 2 unspecified atom stereocenters. The van der Waals surface area contributed by atoms with Crippen LogP contribution >= 0.6 is 24.0 Å². The number of methoxy groups -OCH3 is 1. The molecule has 0 radical (unpaired) electrons. The maximum Gasteiger partial charge on any atom is 0.191 e. The van der Waals surface area contributed by atoms with Gasteiger partial charge in [0, 0.05) is 26.2 Å². The zero-order valence-corrected chi connectivity index (χ0v) is 20.7. The van der Waals surface area contributed by atoms with Crippen LogP contribution in [0.15, 0.2) is 29.3 Å². The fourth-order valence-corrected chi connectivity index (χ4v) is 4.20. The van der Waals surface area contributed by atoms with Gasteiger partial charge in [0.05, 0.1) is 13.2 Å². The molecule has 29 heavy (non-hydrogen) atoms. The van der Waals surface area contributed by atoms with Crippen LogP contribution in [0.2, 0.25) is 0 Å². The molecule has 1 saturated carbocycles. The fourth-order valence-electron chi connectivity index (χ4n) is 4.20. The van der Waals surface area contributed by atoms with E-state index in [9.17, 15) is 0 Å². The van der Waals surface area contributed by atoms with E-state index >= 15 is 0 Å². The molecule has 2 N–H and O–H groups in total. The number of likely N-dealkylation sites (tertiary alicyclic amines) is 1. The summed E-state index contributed by atoms with van der Waals surface area (Å²) in [4.78, 5) is 9.37. The van der Waals surface area contributed by atoms with E-state index in [1.807, 2.05) is 7.05 Å². The highest BCUT2D eigenvalue weighted by Gasteiger charge is 2.32. The first kappa shape index (κ1) is 24.2. The zero-order valence-electron chi connectivity index (χ0n) is 18.4. The molecule has 7 heteroatoms. The standard InChI is InChI=1S/C22H37N5O.HI/c1-23-22(24-15-20(26(2)3)17-7-8-17)25-16-21(27-13-5-6-14-27)18-9-11-19(28-4)12-10-18;/h9-12,17,20-21H,5-8,13-16H2,1-4H3,(H2,23,24,25);1H. The lowest BCUT2D eigenvalue weighted by molar-refractivity contribution is 0.244. The van der Waals surface area contributed by atoms with E-state index in [4.69, 9.17) is 4.74 Å². The van der Waals surface area contributed by atoms with Gasteiger partial charge in [0.25, 0.3) is 0 Å². The van der Waals surface area contributed by atoms with Crippen molar-refractivity contribution in [2.24, 2.45) is 10.9 Å². The molecule has 0 spiro atoms. The van der Waals surface area contributed by atoms with Crippen LogP contribution in [0.4, 0.5) is 0 Å². The van der Waals surface area contributed by atoms with Crippen molar-refractivity contribution in [2.75, 3.05) is 54.4 Å². The lowest BCUT2D eigenvalue weighted by Gasteiger charge is -2.30. The molecular weight excluding hydrogens is 477 g/mol. The number of benzene rings is 1. The number of rotatable bonds is 9. The third-order valence-electron chi connectivity index (χ3n) is 6.08. The van der Waals surface area contributed by atoms with Crippen LogP contribution in [-0.2, 0) is 0 Å². The molecule has 6 nitrogen and oxygen atoms in total. The summed E-state index contributed by atoms with van der Waals surface area (Å²) in [6, 6.07) is 9.42. The summed E-state index contributed by atoms with van der Waals surface area (Å²) in [5, 5.41) is 7.12. The second kappa shape index (κ2) is 12.0. The number of aliphatic imine (C=N–C) groups is 1. The molecule has 164 valence electrons. The molecule has 1 aromatic rings. The molecule has 2 fully saturated rings. The Labute approximate surface area is 193 Å². The topological polar surface area (TPSA) is 52.1 Å². The Balaban J connectivity index is 0.00000300. The summed E-state index contributed by atoms with van der Waals surface area (Å²) in [6.07, 6.45) is 5.27. The average molecular weight is 515 g/mol. The third kappa shape index (κ3) is 7.00. The van der Waals surface area contributed by atoms with Crippen LogP contribution in [0.5, 0.6) is 5.75 Å². The number of hydrogen-bond donors (Lipinski definition) is 2. The number of ether oxygens (including phenoxy) is 1. The van der Waals surface area contributed by atoms with E-state index in [1.54, 1.807) is 7.11 Å². The highest BCUT2D eigenvalue weighted by atomic mass is 127. The second-order valence-corrected chi connectivity index (χ2v) is 8.23. The van der Waals surface area contributed by atoms with Crippen molar-refractivity contribution in [3.8, 4) is 5.75 Å². The number of guanidine groups is 1. The smallest absolute Gasteiger partial charge is 0.191 e. The SMILES string of the molecule is CN=C(NCC(C1CC1)N(C)C)NCC(c1ccc(OC)cc1)N1CCCC1.I. The van der Waals surface area contributed by atoms with E-state index in [-0.39, 0.29) is 24.0 Å². The van der Waals surface area contributed by atoms with Crippen molar-refractivity contribution >= 4 is 29.9 Å². The van der Waals surface area contributed by atoms with Crippen molar-refractivity contribution in [1.29, 1.82) is 0 Å². The summed E-state index contributed by atoms with van der Waals surface area (Å²) in [5.41, 5.74) is 1.33. The molecular formula is C22H38IN5O. The maximum absolute atomic E-state index is 5.33. The molecule has 1 heterocycles. The Bertz CT molecular complexity index is 625. The maximum atomic E-state index is 5.33. The van der Waals surface area contributed by atoms with Crippen molar-refractivity contribution in [1.82, 2.24) is 20.4 Å². The van der Waals surface area contributed by atoms with Crippen molar-refractivity contribution in [3.63, 3.8) is 0 Å². The number of hydrogen-bond acceptors (Lipinski definition) is 4. The highest BCUT2D eigenvalue weighted by molar-refractivity contribution is 14.0. The Morgan fingerprint density at radius 2 is 1.76 bits per heavy atom. The Kier molecular flexibility index (Phi) is 9.98. The molecule has 1 aliphatic carbocycles. The van der Waals surface area contributed by atoms with Gasteiger partial charge in [0.1, 0.15) is 5.75 Å². The molecule has 0 bridgehead atoms. The number of likely N-dealkylation sites (N-methyl/N-ethyl adjacent to an activating group) is 1. The van der Waals surface area contributed by atoms with E-state index in [0.717, 1.165) is 43.8 Å². The predicted molar refractivity (Wildman–Crippen MR) is 132 cm³/mol. The van der Waals surface area contributed by atoms with Gasteiger partial charge < -0.3 is 20.3 Å². The van der Waals surface area contributed by atoms with Crippen LogP contribution in [0, 0.1) is 5.92 Å². The minimum atomic E-state index is 0. The predicted octanol–water partition coefficient (Wildman–Crippen LogP) is 2.96. The molecule has 0 amide bonds. The normalized spacial score (nSPS) is 19.6. The first-order chi connectivity index (χ1) is 13.6. The minimum absolute atomic E-state index is 0. The Morgan fingerprint density at radius 1 is 1.14 bits per heavy atom. The van der Waals surface area contributed by atoms with Crippen LogP contribution in [0.1, 0.15) is 37.3 Å². The van der Waals surface area contributed by atoms with Crippen LogP contribution in [0.25, 0.3) is 0 Å². The van der Waals surface area contributed by atoms with Crippen molar-refractivity contribution in [3.05, 3.63) is 29.8 Å². The lowest BCUT2D eigenvalue weighted by Crippen LogP contribution is -2.47. The highest BCUT2D eigenvalue weighted by Crippen LogP contribution is 2.34. The molecule has 1 saturated heterocycles. The minimum Gasteiger partial charge on any atom is -0.497 e. The van der Waals surface area contributed by atoms with Gasteiger partial charge >= 0.3 is 0 Å². The summed E-state index contributed by atoms with van der Waals surface area (Å²) in [5.74, 6) is 2.63. The molecule has 3 rings (SSSR count). The first-order valence-electron chi connectivity index (χ1n) is 10.6. The van der Waals surface area contributed by atoms with Crippen molar-refractivity contribution in [2.45, 2.75) is 37.8 Å². The van der Waals surface area contributed by atoms with E-state index < -0.39 is 0 Å². The molecule has 2 atom stereocenters. The number of nitrogens with one attached hydrogen (secondary N) is 2. The van der Waals surface area contributed by atoms with Crippen LogP contribution < -0.4 is 15.4 Å². The number of nitrogens with zero attached hydrogens (tertiary/aromatic N) is 3. The Hall–Kier alpha value is -1.06. The van der Waals surface area contributed by atoms with Gasteiger partial charge in [0.2, 0.25) is 0 Å². The van der Waals surface area contributed by atoms with Gasteiger partial charge in [-0.15, -0.1) is 24.0 Å². The monoisotopic (exact) mass is 515 g/mol. The van der Waals surface area contributed by atoms with Crippen LogP contribution in [-0.4, -0.2) is 76.2 Å². The van der Waals surface area contributed by atoms with Crippen LogP contribution in [0.3, 0.4) is 0 Å². The van der Waals surface area contributed by atoms with Gasteiger partial charge in [0.15, 0.2) is 5.96 Å². The molecule has 0 aromatic heterocycles. The molecule has 1 aliphatic heterocycles. The van der Waals surface area contributed by atoms with E-state index in [2.05, 4.69) is 63.8 Å². The summed E-state index contributed by atoms with van der Waals surface area (Å²) < 4.78 is 5.33. The largest absolute Gasteiger partial charge is 0.497 e. The summed E-state index contributed by atoms with van der Waals surface area (Å²) in [7, 11) is 7.92. The van der Waals surface area contributed by atoms with E-state index in [0.29, 0.717) is 12.1 Å². The van der Waals surface area contributed by atoms with Gasteiger partial charge in [-0.25, -0.2) is 0 Å². The molecule has 1 aromatic carbocycles. The molecule has 2 aliphatic rings. The van der Waals surface area contributed by atoms with E-state index in [1.165, 1.54) is 31.2 Å². The quantitative estimate of drug-likeness (QED) is 0.301. The summed E-state index contributed by atoms with van der Waals surface area (Å²) >= 11 is 0. The van der Waals surface area contributed by atoms with Gasteiger partial charge in [-0.3, -0.25) is 9.89 Å². The van der Waals surface area contributed by atoms with Gasteiger partial charge in [-0.2, -0.15) is 0 Å². The lowest BCUT2D eigenvalue weighted by atomic mass is 10.1. The zero-order chi connectivity index (χ0) is 19.9.